The lowest BCUT2D eigenvalue weighted by molar-refractivity contribution is -0.126. The second-order valence-corrected chi connectivity index (χ2v) is 7.66. The fraction of sp³-hybridized carbons (Fsp3) is 0.364. The van der Waals surface area contributed by atoms with Gasteiger partial charge in [-0.25, -0.2) is 17.6 Å². The highest BCUT2D eigenvalue weighted by atomic mass is 19.1. The molecule has 0 atom stereocenters. The number of amides is 1. The molecule has 2 N–H and O–H groups in total. The highest BCUT2D eigenvalue weighted by Crippen LogP contribution is 2.44. The minimum absolute atomic E-state index is 0.360. The van der Waals surface area contributed by atoms with Crippen LogP contribution in [-0.2, 0) is 15.6 Å². The van der Waals surface area contributed by atoms with Crippen molar-refractivity contribution < 1.29 is 22.4 Å². The first-order valence-electron chi connectivity index (χ1n) is 9.35. The normalized spacial score (nSPS) is 18.3. The smallest absolute Gasteiger partial charge is 0.228 e. The second kappa shape index (κ2) is 7.86. The van der Waals surface area contributed by atoms with Crippen molar-refractivity contribution in [3.05, 3.63) is 70.8 Å². The van der Waals surface area contributed by atoms with Crippen LogP contribution in [0, 0.1) is 34.6 Å². The molecule has 4 rings (SSSR count). The lowest BCUT2D eigenvalue weighted by Gasteiger charge is -2.39. The van der Waals surface area contributed by atoms with Crippen molar-refractivity contribution in [2.45, 2.75) is 49.4 Å². The first kappa shape index (κ1) is 20.8. The molecule has 2 saturated carbocycles. The van der Waals surface area contributed by atoms with Crippen molar-refractivity contribution in [1.29, 1.82) is 5.26 Å². The van der Waals surface area contributed by atoms with E-state index in [1.807, 2.05) is 0 Å². The summed E-state index contributed by atoms with van der Waals surface area (Å²) in [5.41, 5.74) is 4.64. The van der Waals surface area contributed by atoms with Crippen LogP contribution in [0.3, 0.4) is 0 Å². The number of hydrogen-bond donors (Lipinski definition) is 1. The zero-order valence-corrected chi connectivity index (χ0v) is 15.7. The first-order valence-corrected chi connectivity index (χ1v) is 9.35. The Labute approximate surface area is 166 Å². The van der Waals surface area contributed by atoms with Gasteiger partial charge in [0.05, 0.1) is 16.9 Å². The van der Waals surface area contributed by atoms with E-state index in [-0.39, 0.29) is 0 Å². The standard InChI is InChI=1S/C11H11F2NO.C11H9F2N/c12-8-4-7(5-9(13)6-8)11(10(14)15)2-1-3-11;12-9-4-8(5-10(13)6-9)11(7-14)2-1-3-11/h4-6H,1-3H2,(H2,14,15);4-6H,1-3H2. The number of nitriles is 1. The van der Waals surface area contributed by atoms with Crippen molar-refractivity contribution >= 4 is 5.91 Å². The van der Waals surface area contributed by atoms with E-state index in [9.17, 15) is 22.4 Å². The number of primary amides is 1. The third-order valence-corrected chi connectivity index (χ3v) is 5.93. The number of carbonyl (C=O) groups excluding carboxylic acids is 1. The largest absolute Gasteiger partial charge is 0.369 e. The van der Waals surface area contributed by atoms with E-state index in [1.54, 1.807) is 0 Å². The molecule has 1 amide bonds. The van der Waals surface area contributed by atoms with Gasteiger partial charge in [0, 0.05) is 12.1 Å². The highest BCUT2D eigenvalue weighted by molar-refractivity contribution is 5.87. The molecule has 0 spiro atoms. The van der Waals surface area contributed by atoms with E-state index < -0.39 is 40.0 Å². The Morgan fingerprint density at radius 1 is 0.793 bits per heavy atom. The summed E-state index contributed by atoms with van der Waals surface area (Å²) in [5, 5.41) is 8.98. The molecule has 0 aromatic heterocycles. The van der Waals surface area contributed by atoms with Crippen LogP contribution in [0.4, 0.5) is 17.6 Å². The first-order chi connectivity index (χ1) is 13.7. The van der Waals surface area contributed by atoms with Crippen LogP contribution in [0.2, 0.25) is 0 Å². The topological polar surface area (TPSA) is 66.9 Å². The molecule has 2 aromatic rings. The fourth-order valence-electron chi connectivity index (χ4n) is 3.86. The van der Waals surface area contributed by atoms with E-state index in [2.05, 4.69) is 6.07 Å². The van der Waals surface area contributed by atoms with Crippen molar-refractivity contribution in [3.63, 3.8) is 0 Å². The second-order valence-electron chi connectivity index (χ2n) is 7.66. The molecule has 7 heteroatoms. The number of benzene rings is 2. The van der Waals surface area contributed by atoms with Gasteiger partial charge in [-0.2, -0.15) is 5.26 Å². The van der Waals surface area contributed by atoms with Gasteiger partial charge in [0.25, 0.3) is 0 Å². The Balaban J connectivity index is 0.000000166. The van der Waals surface area contributed by atoms with Crippen LogP contribution in [0.5, 0.6) is 0 Å². The Morgan fingerprint density at radius 2 is 1.21 bits per heavy atom. The lowest BCUT2D eigenvalue weighted by Crippen LogP contribution is -2.46. The average molecular weight is 404 g/mol. The Hall–Kier alpha value is -2.88. The lowest BCUT2D eigenvalue weighted by atomic mass is 9.64. The zero-order valence-electron chi connectivity index (χ0n) is 15.7. The van der Waals surface area contributed by atoms with Gasteiger partial charge in [-0.05, 0) is 67.5 Å². The minimum atomic E-state index is -0.844. The van der Waals surface area contributed by atoms with E-state index in [0.717, 1.165) is 25.0 Å². The van der Waals surface area contributed by atoms with Gasteiger partial charge in [-0.15, -0.1) is 0 Å². The van der Waals surface area contributed by atoms with Gasteiger partial charge in [0.1, 0.15) is 23.3 Å². The summed E-state index contributed by atoms with van der Waals surface area (Å²) in [6.45, 7) is 0. The molecule has 2 aliphatic rings. The predicted molar refractivity (Wildman–Crippen MR) is 98.6 cm³/mol. The third kappa shape index (κ3) is 3.98. The molecule has 0 radical (unpaired) electrons. The van der Waals surface area contributed by atoms with Crippen molar-refractivity contribution in [2.75, 3.05) is 0 Å². The van der Waals surface area contributed by atoms with Gasteiger partial charge >= 0.3 is 0 Å². The number of rotatable bonds is 3. The van der Waals surface area contributed by atoms with E-state index in [1.165, 1.54) is 24.3 Å². The monoisotopic (exact) mass is 404 g/mol. The summed E-state index contributed by atoms with van der Waals surface area (Å²) < 4.78 is 51.8. The zero-order chi connectivity index (χ0) is 21.2. The Kier molecular flexibility index (Phi) is 5.65. The van der Waals surface area contributed by atoms with Crippen LogP contribution in [0.25, 0.3) is 0 Å². The molecular weight excluding hydrogens is 384 g/mol. The van der Waals surface area contributed by atoms with Gasteiger partial charge in [-0.3, -0.25) is 4.79 Å². The van der Waals surface area contributed by atoms with Crippen LogP contribution in [-0.4, -0.2) is 5.91 Å². The van der Waals surface area contributed by atoms with E-state index >= 15 is 0 Å². The molecule has 3 nitrogen and oxygen atoms in total. The SMILES string of the molecule is N#CC1(c2cc(F)cc(F)c2)CCC1.NC(=O)C1(c2cc(F)cc(F)c2)CCC1. The molecule has 0 heterocycles. The third-order valence-electron chi connectivity index (χ3n) is 5.93. The van der Waals surface area contributed by atoms with Crippen molar-refractivity contribution in [1.82, 2.24) is 0 Å². The number of hydrogen-bond acceptors (Lipinski definition) is 2. The molecule has 0 bridgehead atoms. The Bertz CT molecular complexity index is 935. The summed E-state index contributed by atoms with van der Waals surface area (Å²) in [4.78, 5) is 11.3. The molecule has 0 unspecified atom stereocenters. The Morgan fingerprint density at radius 3 is 1.48 bits per heavy atom. The summed E-state index contributed by atoms with van der Waals surface area (Å²) in [6.07, 6.45) is 4.36. The van der Waals surface area contributed by atoms with Gasteiger partial charge in [0.15, 0.2) is 0 Å². The molecule has 2 aliphatic carbocycles. The minimum Gasteiger partial charge on any atom is -0.369 e. The van der Waals surface area contributed by atoms with Crippen molar-refractivity contribution in [2.24, 2.45) is 5.73 Å². The van der Waals surface area contributed by atoms with Crippen LogP contribution in [0.15, 0.2) is 36.4 Å². The molecule has 152 valence electrons. The summed E-state index contributed by atoms with van der Waals surface area (Å²) in [7, 11) is 0. The maximum absolute atomic E-state index is 13.0. The van der Waals surface area contributed by atoms with Crippen LogP contribution < -0.4 is 5.73 Å². The molecule has 2 aromatic carbocycles. The molecule has 2 fully saturated rings. The summed E-state index contributed by atoms with van der Waals surface area (Å²) in [6, 6.07) is 8.65. The predicted octanol–water partition coefficient (Wildman–Crippen LogP) is 4.78. The quantitative estimate of drug-likeness (QED) is 0.748. The highest BCUT2D eigenvalue weighted by Gasteiger charge is 2.44. The summed E-state index contributed by atoms with van der Waals surface area (Å²) in [5.74, 6) is -3.06. The molecule has 0 aliphatic heterocycles. The van der Waals surface area contributed by atoms with Gasteiger partial charge in [-0.1, -0.05) is 6.42 Å². The van der Waals surface area contributed by atoms with E-state index in [0.29, 0.717) is 36.8 Å². The maximum Gasteiger partial charge on any atom is 0.228 e. The molecular formula is C22H20F4N2O. The average Bonchev–Trinajstić information content (AvgIpc) is 2.51. The fourth-order valence-corrected chi connectivity index (χ4v) is 3.86. The van der Waals surface area contributed by atoms with Crippen LogP contribution >= 0.6 is 0 Å². The van der Waals surface area contributed by atoms with Crippen molar-refractivity contribution in [3.8, 4) is 6.07 Å². The number of nitrogens with zero attached hydrogens (tertiary/aromatic N) is 1. The van der Waals surface area contributed by atoms with Crippen LogP contribution in [0.1, 0.15) is 49.7 Å². The molecule has 29 heavy (non-hydrogen) atoms. The number of nitrogens with two attached hydrogens (primary N) is 1. The number of carbonyl (C=O) groups is 1. The number of halogens is 4. The summed E-state index contributed by atoms with van der Waals surface area (Å²) >= 11 is 0. The maximum atomic E-state index is 13.0. The van der Waals surface area contributed by atoms with Gasteiger partial charge < -0.3 is 5.73 Å². The van der Waals surface area contributed by atoms with Gasteiger partial charge in [0.2, 0.25) is 5.91 Å². The van der Waals surface area contributed by atoms with E-state index in [4.69, 9.17) is 11.0 Å². The molecule has 0 saturated heterocycles.